The zero-order valence-corrected chi connectivity index (χ0v) is 9.78. The predicted octanol–water partition coefficient (Wildman–Crippen LogP) is 3.02. The highest BCUT2D eigenvalue weighted by atomic mass is 16.5. The van der Waals surface area contributed by atoms with Gasteiger partial charge < -0.3 is 9.53 Å². The Morgan fingerprint density at radius 1 is 1.33 bits per heavy atom. The second kappa shape index (κ2) is 4.47. The lowest BCUT2D eigenvalue weighted by atomic mass is 9.77. The normalized spacial score (nSPS) is 13.3. The van der Waals surface area contributed by atoms with Crippen molar-refractivity contribution in [3.63, 3.8) is 0 Å². The predicted molar refractivity (Wildman–Crippen MR) is 61.3 cm³/mol. The van der Waals surface area contributed by atoms with Gasteiger partial charge in [-0.15, -0.1) is 0 Å². The van der Waals surface area contributed by atoms with Crippen molar-refractivity contribution in [3.05, 3.63) is 29.8 Å². The number of benzene rings is 1. The lowest BCUT2D eigenvalue weighted by molar-refractivity contribution is -0.111. The van der Waals surface area contributed by atoms with Crippen molar-refractivity contribution < 1.29 is 9.53 Å². The molecule has 1 aromatic rings. The molecular weight excluding hydrogens is 188 g/mol. The van der Waals surface area contributed by atoms with Crippen LogP contribution in [0.4, 0.5) is 0 Å². The first kappa shape index (κ1) is 11.8. The Bertz CT molecular complexity index is 337. The van der Waals surface area contributed by atoms with Gasteiger partial charge in [0, 0.05) is 5.92 Å². The summed E-state index contributed by atoms with van der Waals surface area (Å²) in [4.78, 5) is 11.1. The largest absolute Gasteiger partial charge is 0.497 e. The van der Waals surface area contributed by atoms with E-state index in [0.717, 1.165) is 17.6 Å². The molecule has 0 N–H and O–H groups in total. The minimum Gasteiger partial charge on any atom is -0.497 e. The molecule has 0 aliphatic carbocycles. The molecule has 0 aliphatic rings. The van der Waals surface area contributed by atoms with E-state index in [2.05, 4.69) is 20.8 Å². The van der Waals surface area contributed by atoms with Gasteiger partial charge in [0.05, 0.1) is 7.11 Å². The zero-order chi connectivity index (χ0) is 11.5. The van der Waals surface area contributed by atoms with Crippen LogP contribution in [0.1, 0.15) is 32.3 Å². The lowest BCUT2D eigenvalue weighted by Gasteiger charge is -2.26. The van der Waals surface area contributed by atoms with Crippen molar-refractivity contribution in [1.29, 1.82) is 0 Å². The third-order valence-electron chi connectivity index (χ3n) is 2.52. The smallest absolute Gasteiger partial charge is 0.127 e. The Labute approximate surface area is 91.3 Å². The van der Waals surface area contributed by atoms with E-state index in [9.17, 15) is 4.79 Å². The first-order chi connectivity index (χ1) is 6.99. The summed E-state index contributed by atoms with van der Waals surface area (Å²) >= 11 is 0. The Morgan fingerprint density at radius 3 is 2.47 bits per heavy atom. The highest BCUT2D eigenvalue weighted by molar-refractivity contribution is 5.64. The molecule has 1 unspecified atom stereocenters. The van der Waals surface area contributed by atoms with Crippen molar-refractivity contribution in [2.24, 2.45) is 5.41 Å². The van der Waals surface area contributed by atoms with Gasteiger partial charge in [-0.1, -0.05) is 32.9 Å². The molecule has 0 aliphatic heterocycles. The number of hydrogen-bond acceptors (Lipinski definition) is 2. The summed E-state index contributed by atoms with van der Waals surface area (Å²) < 4.78 is 5.15. The summed E-state index contributed by atoms with van der Waals surface area (Å²) in [7, 11) is 1.63. The highest BCUT2D eigenvalue weighted by Crippen LogP contribution is 2.34. The van der Waals surface area contributed by atoms with Gasteiger partial charge in [-0.3, -0.25) is 0 Å². The maximum atomic E-state index is 11.1. The van der Waals surface area contributed by atoms with Gasteiger partial charge >= 0.3 is 0 Å². The molecule has 15 heavy (non-hydrogen) atoms. The average Bonchev–Trinajstić information content (AvgIpc) is 2.17. The van der Waals surface area contributed by atoms with Gasteiger partial charge in [0.2, 0.25) is 0 Å². The van der Waals surface area contributed by atoms with Crippen LogP contribution in [0.5, 0.6) is 5.75 Å². The fraction of sp³-hybridized carbons (Fsp3) is 0.462. The summed E-state index contributed by atoms with van der Waals surface area (Å²) in [5, 5.41) is 0. The van der Waals surface area contributed by atoms with Crippen LogP contribution >= 0.6 is 0 Å². The number of carbonyl (C=O) groups excluding carboxylic acids is 1. The molecule has 1 rings (SSSR count). The van der Waals surface area contributed by atoms with Gasteiger partial charge in [0.15, 0.2) is 0 Å². The maximum absolute atomic E-state index is 11.1. The number of hydrogen-bond donors (Lipinski definition) is 0. The summed E-state index contributed by atoms with van der Waals surface area (Å²) in [6.07, 6.45) is 1.01. The molecule has 0 amide bonds. The van der Waals surface area contributed by atoms with Crippen LogP contribution in [0.15, 0.2) is 24.3 Å². The van der Waals surface area contributed by atoms with Crippen LogP contribution in [-0.4, -0.2) is 13.4 Å². The summed E-state index contributed by atoms with van der Waals surface area (Å²) in [6, 6.07) is 7.68. The van der Waals surface area contributed by atoms with Crippen molar-refractivity contribution in [1.82, 2.24) is 0 Å². The minimum atomic E-state index is -0.0902. The molecule has 0 fully saturated rings. The molecule has 2 nitrogen and oxygen atoms in total. The van der Waals surface area contributed by atoms with Crippen molar-refractivity contribution in [3.8, 4) is 5.75 Å². The quantitative estimate of drug-likeness (QED) is 0.710. The molecule has 1 atom stereocenters. The third-order valence-corrected chi connectivity index (χ3v) is 2.52. The average molecular weight is 206 g/mol. The Morgan fingerprint density at radius 2 is 2.00 bits per heavy atom. The first-order valence-corrected chi connectivity index (χ1v) is 5.08. The van der Waals surface area contributed by atoms with E-state index in [4.69, 9.17) is 4.74 Å². The molecule has 2 heteroatoms. The van der Waals surface area contributed by atoms with E-state index in [-0.39, 0.29) is 11.3 Å². The van der Waals surface area contributed by atoms with Crippen LogP contribution in [0.2, 0.25) is 0 Å². The Hall–Kier alpha value is -1.31. The molecule has 0 bridgehead atoms. The minimum absolute atomic E-state index is 0.0614. The van der Waals surface area contributed by atoms with Crippen molar-refractivity contribution in [2.75, 3.05) is 7.11 Å². The SMILES string of the molecule is COc1cccc(C(C=O)C(C)(C)C)c1. The van der Waals surface area contributed by atoms with Gasteiger partial charge in [-0.2, -0.15) is 0 Å². The molecule has 0 saturated carbocycles. The molecule has 0 saturated heterocycles. The second-order valence-electron chi connectivity index (χ2n) is 4.76. The summed E-state index contributed by atoms with van der Waals surface area (Å²) in [5.74, 6) is 0.705. The fourth-order valence-electron chi connectivity index (χ4n) is 1.62. The van der Waals surface area contributed by atoms with E-state index >= 15 is 0 Å². The van der Waals surface area contributed by atoms with Crippen LogP contribution < -0.4 is 4.74 Å². The Balaban J connectivity index is 3.07. The van der Waals surface area contributed by atoms with Gasteiger partial charge in [-0.05, 0) is 23.1 Å². The number of carbonyl (C=O) groups is 1. The van der Waals surface area contributed by atoms with Crippen LogP contribution in [0, 0.1) is 5.41 Å². The van der Waals surface area contributed by atoms with E-state index in [1.165, 1.54) is 0 Å². The summed E-state index contributed by atoms with van der Waals surface area (Å²) in [5.41, 5.74) is 0.950. The first-order valence-electron chi connectivity index (χ1n) is 5.08. The summed E-state index contributed by atoms with van der Waals surface area (Å²) in [6.45, 7) is 6.18. The molecule has 82 valence electrons. The van der Waals surface area contributed by atoms with Crippen LogP contribution in [-0.2, 0) is 4.79 Å². The maximum Gasteiger partial charge on any atom is 0.127 e. The monoisotopic (exact) mass is 206 g/mol. The van der Waals surface area contributed by atoms with Gasteiger partial charge in [0.25, 0.3) is 0 Å². The molecular formula is C13H18O2. The van der Waals surface area contributed by atoms with Crippen LogP contribution in [0.25, 0.3) is 0 Å². The lowest BCUT2D eigenvalue weighted by Crippen LogP contribution is -2.19. The fourth-order valence-corrected chi connectivity index (χ4v) is 1.62. The van der Waals surface area contributed by atoms with Crippen molar-refractivity contribution >= 4 is 6.29 Å². The molecule has 0 spiro atoms. The Kier molecular flexibility index (Phi) is 3.51. The van der Waals surface area contributed by atoms with E-state index in [0.29, 0.717) is 0 Å². The molecule has 0 radical (unpaired) electrons. The second-order valence-corrected chi connectivity index (χ2v) is 4.76. The number of aldehydes is 1. The molecule has 0 aromatic heterocycles. The van der Waals surface area contributed by atoms with E-state index in [1.54, 1.807) is 7.11 Å². The number of rotatable bonds is 3. The highest BCUT2D eigenvalue weighted by Gasteiger charge is 2.25. The number of ether oxygens (including phenoxy) is 1. The number of methoxy groups -OCH3 is 1. The zero-order valence-electron chi connectivity index (χ0n) is 9.78. The van der Waals surface area contributed by atoms with E-state index in [1.807, 2.05) is 24.3 Å². The van der Waals surface area contributed by atoms with E-state index < -0.39 is 0 Å². The third kappa shape index (κ3) is 2.82. The topological polar surface area (TPSA) is 26.3 Å². The van der Waals surface area contributed by atoms with Crippen LogP contribution in [0.3, 0.4) is 0 Å². The molecule has 0 heterocycles. The van der Waals surface area contributed by atoms with Crippen molar-refractivity contribution in [2.45, 2.75) is 26.7 Å². The van der Waals surface area contributed by atoms with Gasteiger partial charge in [-0.25, -0.2) is 0 Å². The van der Waals surface area contributed by atoms with Gasteiger partial charge in [0.1, 0.15) is 12.0 Å². The standard InChI is InChI=1S/C13H18O2/c1-13(2,3)12(9-14)10-6-5-7-11(8-10)15-4/h5-9,12H,1-4H3. The molecule has 1 aromatic carbocycles.